The Balaban J connectivity index is 1.89. The molecule has 2 aromatic rings. The van der Waals surface area contributed by atoms with Gasteiger partial charge in [-0.25, -0.2) is 0 Å². The van der Waals surface area contributed by atoms with E-state index in [4.69, 9.17) is 0 Å². The Bertz CT molecular complexity index is 521. The van der Waals surface area contributed by atoms with Gasteiger partial charge in [0.25, 0.3) is 0 Å². The van der Waals surface area contributed by atoms with E-state index >= 15 is 0 Å². The van der Waals surface area contributed by atoms with Crippen LogP contribution in [0.5, 0.6) is 0 Å². The summed E-state index contributed by atoms with van der Waals surface area (Å²) in [7, 11) is 2.03. The third kappa shape index (κ3) is 2.53. The van der Waals surface area contributed by atoms with Crippen LogP contribution in [-0.2, 0) is 6.42 Å². The molecule has 0 aliphatic carbocycles. The maximum absolute atomic E-state index is 3.29. The molecule has 19 heavy (non-hydrogen) atoms. The van der Waals surface area contributed by atoms with Crippen LogP contribution in [0.3, 0.4) is 0 Å². The topological polar surface area (TPSA) is 15.3 Å². The van der Waals surface area contributed by atoms with E-state index in [1.165, 1.54) is 22.5 Å². The highest BCUT2D eigenvalue weighted by molar-refractivity contribution is 7.10. The maximum atomic E-state index is 3.29. The molecule has 0 radical (unpaired) electrons. The fraction of sp³-hybridized carbons (Fsp3) is 0.375. The van der Waals surface area contributed by atoms with Gasteiger partial charge >= 0.3 is 0 Å². The van der Waals surface area contributed by atoms with E-state index in [-0.39, 0.29) is 0 Å². The molecule has 100 valence electrons. The smallest absolute Gasteiger partial charge is 0.0647 e. The summed E-state index contributed by atoms with van der Waals surface area (Å²) in [5, 5.41) is 5.47. The predicted octanol–water partition coefficient (Wildman–Crippen LogP) is 3.46. The molecule has 1 atom stereocenters. The number of nitrogens with zero attached hydrogens (tertiary/aromatic N) is 1. The van der Waals surface area contributed by atoms with Crippen molar-refractivity contribution in [1.29, 1.82) is 0 Å². The summed E-state index contributed by atoms with van der Waals surface area (Å²) in [6.07, 6.45) is 2.34. The summed E-state index contributed by atoms with van der Waals surface area (Å²) in [4.78, 5) is 4.06. The number of para-hydroxylation sites is 1. The van der Waals surface area contributed by atoms with Crippen molar-refractivity contribution in [3.05, 3.63) is 52.2 Å². The fourth-order valence-electron chi connectivity index (χ4n) is 2.90. The van der Waals surface area contributed by atoms with Crippen LogP contribution in [0.4, 0.5) is 5.69 Å². The van der Waals surface area contributed by atoms with Crippen molar-refractivity contribution >= 4 is 17.0 Å². The van der Waals surface area contributed by atoms with Crippen LogP contribution in [0.15, 0.2) is 41.8 Å². The van der Waals surface area contributed by atoms with Gasteiger partial charge in [0.2, 0.25) is 0 Å². The van der Waals surface area contributed by atoms with Crippen LogP contribution in [0.1, 0.15) is 22.9 Å². The molecule has 1 aromatic heterocycles. The number of anilines is 1. The van der Waals surface area contributed by atoms with Crippen molar-refractivity contribution in [3.8, 4) is 0 Å². The van der Waals surface area contributed by atoms with Gasteiger partial charge in [0.15, 0.2) is 0 Å². The van der Waals surface area contributed by atoms with Gasteiger partial charge in [-0.1, -0.05) is 24.3 Å². The van der Waals surface area contributed by atoms with Crippen LogP contribution in [0, 0.1) is 0 Å². The zero-order valence-electron chi connectivity index (χ0n) is 11.3. The molecule has 0 bridgehead atoms. The molecule has 1 aromatic carbocycles. The third-order valence-corrected chi connectivity index (χ3v) is 4.81. The highest BCUT2D eigenvalue weighted by atomic mass is 32.1. The van der Waals surface area contributed by atoms with Crippen molar-refractivity contribution in [3.63, 3.8) is 0 Å². The Labute approximate surface area is 119 Å². The van der Waals surface area contributed by atoms with Gasteiger partial charge in [0, 0.05) is 17.1 Å². The molecule has 1 N–H and O–H groups in total. The van der Waals surface area contributed by atoms with Gasteiger partial charge in [-0.05, 0) is 49.5 Å². The number of rotatable bonds is 5. The molecule has 0 amide bonds. The second-order valence-electron chi connectivity index (χ2n) is 5.00. The molecule has 2 nitrogen and oxygen atoms in total. The monoisotopic (exact) mass is 272 g/mol. The minimum Gasteiger partial charge on any atom is -0.363 e. The summed E-state index contributed by atoms with van der Waals surface area (Å²) < 4.78 is 0. The van der Waals surface area contributed by atoms with Crippen molar-refractivity contribution in [2.24, 2.45) is 0 Å². The Hall–Kier alpha value is -1.32. The average Bonchev–Trinajstić information content (AvgIpc) is 3.09. The summed E-state index contributed by atoms with van der Waals surface area (Å²) in [5.41, 5.74) is 2.92. The van der Waals surface area contributed by atoms with Gasteiger partial charge in [0.1, 0.15) is 0 Å². The second kappa shape index (κ2) is 5.76. The molecule has 2 heterocycles. The van der Waals surface area contributed by atoms with Crippen LogP contribution < -0.4 is 10.2 Å². The van der Waals surface area contributed by atoms with E-state index in [0.29, 0.717) is 6.04 Å². The van der Waals surface area contributed by atoms with Crippen LogP contribution in [0.2, 0.25) is 0 Å². The first kappa shape index (κ1) is 12.7. The highest BCUT2D eigenvalue weighted by Gasteiger charge is 2.26. The van der Waals surface area contributed by atoms with Crippen LogP contribution in [0.25, 0.3) is 0 Å². The Morgan fingerprint density at radius 1 is 1.26 bits per heavy atom. The number of nitrogens with one attached hydrogen (secondary N) is 1. The Kier molecular flexibility index (Phi) is 3.85. The summed E-state index contributed by atoms with van der Waals surface area (Å²) in [6.45, 7) is 2.20. The molecular formula is C16H20N2S. The number of benzene rings is 1. The molecule has 1 aliphatic heterocycles. The van der Waals surface area contributed by atoms with Gasteiger partial charge in [-0.15, -0.1) is 11.3 Å². The molecule has 3 heteroatoms. The van der Waals surface area contributed by atoms with E-state index in [0.717, 1.165) is 19.5 Å². The molecular weight excluding hydrogens is 252 g/mol. The van der Waals surface area contributed by atoms with Gasteiger partial charge in [-0.3, -0.25) is 0 Å². The largest absolute Gasteiger partial charge is 0.363 e. The summed E-state index contributed by atoms with van der Waals surface area (Å²) in [6, 6.07) is 13.8. The molecule has 0 saturated heterocycles. The van der Waals surface area contributed by atoms with Crippen molar-refractivity contribution in [2.45, 2.75) is 18.9 Å². The molecule has 0 saturated carbocycles. The fourth-order valence-corrected chi connectivity index (χ4v) is 3.77. The first-order valence-corrected chi connectivity index (χ1v) is 7.80. The first-order chi connectivity index (χ1) is 9.40. The highest BCUT2D eigenvalue weighted by Crippen LogP contribution is 2.37. The minimum absolute atomic E-state index is 0.510. The van der Waals surface area contributed by atoms with E-state index in [1.807, 2.05) is 18.4 Å². The van der Waals surface area contributed by atoms with Gasteiger partial charge < -0.3 is 10.2 Å². The Morgan fingerprint density at radius 2 is 2.16 bits per heavy atom. The van der Waals surface area contributed by atoms with Crippen LogP contribution in [-0.4, -0.2) is 20.1 Å². The number of hydrogen-bond acceptors (Lipinski definition) is 3. The minimum atomic E-state index is 0.510. The average molecular weight is 272 g/mol. The van der Waals surface area contributed by atoms with Gasteiger partial charge in [-0.2, -0.15) is 0 Å². The standard InChI is InChI=1S/C16H20N2S/c1-17-10-8-15(16-7-4-12-19-16)18-11-9-13-5-2-3-6-14(13)18/h2-7,12,15,17H,8-11H2,1H3. The normalized spacial score (nSPS) is 15.5. The van der Waals surface area contributed by atoms with Crippen LogP contribution >= 0.6 is 11.3 Å². The van der Waals surface area contributed by atoms with E-state index < -0.39 is 0 Å². The predicted molar refractivity (Wildman–Crippen MR) is 83.1 cm³/mol. The van der Waals surface area contributed by atoms with Gasteiger partial charge in [0.05, 0.1) is 6.04 Å². The second-order valence-corrected chi connectivity index (χ2v) is 5.97. The molecule has 1 aliphatic rings. The first-order valence-electron chi connectivity index (χ1n) is 6.92. The van der Waals surface area contributed by atoms with Crippen molar-refractivity contribution in [1.82, 2.24) is 5.32 Å². The molecule has 1 unspecified atom stereocenters. The number of thiophene rings is 1. The van der Waals surface area contributed by atoms with E-state index in [2.05, 4.69) is 52.0 Å². The lowest BCUT2D eigenvalue weighted by atomic mass is 10.1. The SMILES string of the molecule is CNCCC(c1cccs1)N1CCc2ccccc21. The lowest BCUT2D eigenvalue weighted by molar-refractivity contribution is 0.576. The Morgan fingerprint density at radius 3 is 2.95 bits per heavy atom. The third-order valence-electron chi connectivity index (χ3n) is 3.84. The zero-order valence-corrected chi connectivity index (χ0v) is 12.1. The summed E-state index contributed by atoms with van der Waals surface area (Å²) >= 11 is 1.87. The van der Waals surface area contributed by atoms with E-state index in [1.54, 1.807) is 0 Å². The summed E-state index contributed by atoms with van der Waals surface area (Å²) in [5.74, 6) is 0. The van der Waals surface area contributed by atoms with E-state index in [9.17, 15) is 0 Å². The zero-order chi connectivity index (χ0) is 13.1. The quantitative estimate of drug-likeness (QED) is 0.896. The lowest BCUT2D eigenvalue weighted by Crippen LogP contribution is -2.28. The number of fused-ring (bicyclic) bond motifs is 1. The molecule has 3 rings (SSSR count). The maximum Gasteiger partial charge on any atom is 0.0647 e. The molecule has 0 fully saturated rings. The lowest BCUT2D eigenvalue weighted by Gasteiger charge is -2.30. The van der Waals surface area contributed by atoms with Crippen molar-refractivity contribution < 1.29 is 0 Å². The molecule has 0 spiro atoms. The van der Waals surface area contributed by atoms with Crippen molar-refractivity contribution in [2.75, 3.05) is 25.0 Å². The number of hydrogen-bond donors (Lipinski definition) is 1.